The van der Waals surface area contributed by atoms with Gasteiger partial charge in [-0.15, -0.1) is 0 Å². The molecule has 1 atom stereocenters. The SMILES string of the molecule is CCCN(C(=O)c1ccc2c(c1)C(=O)N(Cc1ccco1)C2=O)[C@@H]1CCS(=O)(=O)C1. The van der Waals surface area contributed by atoms with Gasteiger partial charge >= 0.3 is 0 Å². The first-order valence-corrected chi connectivity index (χ1v) is 11.7. The molecule has 4 rings (SSSR count). The molecule has 0 N–H and O–H groups in total. The van der Waals surface area contributed by atoms with E-state index in [0.29, 0.717) is 25.1 Å². The summed E-state index contributed by atoms with van der Waals surface area (Å²) in [5.74, 6) is -0.727. The maximum Gasteiger partial charge on any atom is 0.261 e. The van der Waals surface area contributed by atoms with Crippen molar-refractivity contribution in [3.8, 4) is 0 Å². The van der Waals surface area contributed by atoms with Gasteiger partial charge in [-0.1, -0.05) is 6.92 Å². The van der Waals surface area contributed by atoms with E-state index in [1.807, 2.05) is 6.92 Å². The van der Waals surface area contributed by atoms with Crippen LogP contribution in [0.2, 0.25) is 0 Å². The Morgan fingerprint density at radius 2 is 1.97 bits per heavy atom. The minimum Gasteiger partial charge on any atom is -0.467 e. The molecule has 2 aromatic rings. The largest absolute Gasteiger partial charge is 0.467 e. The van der Waals surface area contributed by atoms with Crippen molar-refractivity contribution in [1.82, 2.24) is 9.80 Å². The highest BCUT2D eigenvalue weighted by molar-refractivity contribution is 7.91. The smallest absolute Gasteiger partial charge is 0.261 e. The van der Waals surface area contributed by atoms with E-state index < -0.39 is 21.7 Å². The number of amides is 3. The van der Waals surface area contributed by atoms with E-state index in [9.17, 15) is 22.8 Å². The van der Waals surface area contributed by atoms with Crippen molar-refractivity contribution in [3.63, 3.8) is 0 Å². The van der Waals surface area contributed by atoms with Gasteiger partial charge in [-0.2, -0.15) is 0 Å². The van der Waals surface area contributed by atoms with Crippen molar-refractivity contribution >= 4 is 27.6 Å². The zero-order valence-corrected chi connectivity index (χ0v) is 17.4. The van der Waals surface area contributed by atoms with Gasteiger partial charge in [0.25, 0.3) is 17.7 Å². The Morgan fingerprint density at radius 3 is 2.60 bits per heavy atom. The number of carbonyl (C=O) groups excluding carboxylic acids is 3. The maximum absolute atomic E-state index is 13.2. The molecule has 2 aliphatic rings. The number of sulfone groups is 1. The lowest BCUT2D eigenvalue weighted by Crippen LogP contribution is -2.41. The molecular formula is C21H22N2O6S. The van der Waals surface area contributed by atoms with Crippen molar-refractivity contribution in [3.05, 3.63) is 59.0 Å². The van der Waals surface area contributed by atoms with Crippen LogP contribution in [0.5, 0.6) is 0 Å². The molecule has 0 spiro atoms. The Bertz CT molecular complexity index is 1110. The summed E-state index contributed by atoms with van der Waals surface area (Å²) in [7, 11) is -3.14. The van der Waals surface area contributed by atoms with E-state index >= 15 is 0 Å². The number of hydrogen-bond donors (Lipinski definition) is 0. The molecule has 30 heavy (non-hydrogen) atoms. The van der Waals surface area contributed by atoms with Crippen LogP contribution in [0.4, 0.5) is 0 Å². The molecule has 8 nitrogen and oxygen atoms in total. The van der Waals surface area contributed by atoms with Gasteiger partial charge < -0.3 is 9.32 Å². The molecule has 1 aromatic heterocycles. The molecule has 0 saturated carbocycles. The van der Waals surface area contributed by atoms with Gasteiger partial charge in [0.2, 0.25) is 0 Å². The average Bonchev–Trinajstić information content (AvgIpc) is 3.42. The lowest BCUT2D eigenvalue weighted by molar-refractivity contribution is 0.0630. The van der Waals surface area contributed by atoms with Gasteiger partial charge in [-0.3, -0.25) is 19.3 Å². The second-order valence-electron chi connectivity index (χ2n) is 7.59. The van der Waals surface area contributed by atoms with Crippen LogP contribution >= 0.6 is 0 Å². The van der Waals surface area contributed by atoms with E-state index in [1.54, 1.807) is 17.0 Å². The second-order valence-corrected chi connectivity index (χ2v) is 9.82. The van der Waals surface area contributed by atoms with E-state index in [-0.39, 0.29) is 46.7 Å². The Morgan fingerprint density at radius 1 is 1.20 bits per heavy atom. The standard InChI is InChI=1S/C21H22N2O6S/c1-2-8-22(15-7-10-30(27,28)13-15)19(24)14-5-6-17-18(11-14)21(26)23(20(17)25)12-16-4-3-9-29-16/h3-6,9,11,15H,2,7-8,10,12-13H2,1H3/t15-/m1/s1. The maximum atomic E-state index is 13.2. The summed E-state index contributed by atoms with van der Waals surface area (Å²) < 4.78 is 29.0. The van der Waals surface area contributed by atoms with Gasteiger partial charge in [0.15, 0.2) is 9.84 Å². The Kier molecular flexibility index (Phi) is 5.23. The summed E-state index contributed by atoms with van der Waals surface area (Å²) in [5, 5.41) is 0. The van der Waals surface area contributed by atoms with Crippen LogP contribution in [0, 0.1) is 0 Å². The summed E-state index contributed by atoms with van der Waals surface area (Å²) in [5.41, 5.74) is 0.689. The van der Waals surface area contributed by atoms with Crippen molar-refractivity contribution in [1.29, 1.82) is 0 Å². The zero-order valence-electron chi connectivity index (χ0n) is 16.5. The Balaban J connectivity index is 1.60. The molecule has 2 aliphatic heterocycles. The Labute approximate surface area is 174 Å². The van der Waals surface area contributed by atoms with Crippen LogP contribution in [0.25, 0.3) is 0 Å². The molecule has 1 saturated heterocycles. The number of rotatable bonds is 6. The number of imide groups is 1. The molecule has 1 aromatic carbocycles. The molecule has 3 amide bonds. The number of benzene rings is 1. The van der Waals surface area contributed by atoms with Gasteiger partial charge in [0.1, 0.15) is 5.76 Å². The van der Waals surface area contributed by atoms with Gasteiger partial charge in [0.05, 0.1) is 35.4 Å². The van der Waals surface area contributed by atoms with E-state index in [4.69, 9.17) is 4.42 Å². The molecule has 0 radical (unpaired) electrons. The highest BCUT2D eigenvalue weighted by Gasteiger charge is 2.38. The molecule has 0 bridgehead atoms. The van der Waals surface area contributed by atoms with Crippen LogP contribution in [0.3, 0.4) is 0 Å². The van der Waals surface area contributed by atoms with Gasteiger partial charge in [0, 0.05) is 18.2 Å². The van der Waals surface area contributed by atoms with Gasteiger partial charge in [-0.05, 0) is 43.2 Å². The quantitative estimate of drug-likeness (QED) is 0.650. The predicted octanol–water partition coefficient (Wildman–Crippen LogP) is 2.12. The summed E-state index contributed by atoms with van der Waals surface area (Å²) in [4.78, 5) is 41.3. The minimum absolute atomic E-state index is 0.0184. The normalized spacial score (nSPS) is 19.9. The third-order valence-electron chi connectivity index (χ3n) is 5.49. The second kappa shape index (κ2) is 7.71. The van der Waals surface area contributed by atoms with Crippen molar-refractivity contribution in [2.45, 2.75) is 32.4 Å². The summed E-state index contributed by atoms with van der Waals surface area (Å²) >= 11 is 0. The third kappa shape index (κ3) is 3.65. The molecule has 9 heteroatoms. The summed E-state index contributed by atoms with van der Waals surface area (Å²) in [6.45, 7) is 2.36. The molecular weight excluding hydrogens is 408 g/mol. The van der Waals surface area contributed by atoms with Crippen LogP contribution in [0.15, 0.2) is 41.0 Å². The highest BCUT2D eigenvalue weighted by atomic mass is 32.2. The van der Waals surface area contributed by atoms with E-state index in [2.05, 4.69) is 0 Å². The zero-order chi connectivity index (χ0) is 21.5. The fourth-order valence-corrected chi connectivity index (χ4v) is 5.73. The molecule has 158 valence electrons. The first-order valence-electron chi connectivity index (χ1n) is 9.84. The Hall–Kier alpha value is -2.94. The minimum atomic E-state index is -3.14. The number of furan rings is 1. The number of hydrogen-bond acceptors (Lipinski definition) is 6. The van der Waals surface area contributed by atoms with Crippen LogP contribution in [-0.4, -0.2) is 60.0 Å². The molecule has 0 aliphatic carbocycles. The van der Waals surface area contributed by atoms with Crippen molar-refractivity contribution < 1.29 is 27.2 Å². The lowest BCUT2D eigenvalue weighted by Gasteiger charge is -2.28. The predicted molar refractivity (Wildman–Crippen MR) is 108 cm³/mol. The summed E-state index contributed by atoms with van der Waals surface area (Å²) in [6, 6.07) is 7.43. The van der Waals surface area contributed by atoms with E-state index in [1.165, 1.54) is 24.5 Å². The number of nitrogens with zero attached hydrogens (tertiary/aromatic N) is 2. The molecule has 0 unspecified atom stereocenters. The van der Waals surface area contributed by atoms with E-state index in [0.717, 1.165) is 4.90 Å². The van der Waals surface area contributed by atoms with Crippen LogP contribution < -0.4 is 0 Å². The summed E-state index contributed by atoms with van der Waals surface area (Å²) in [6.07, 6.45) is 2.56. The van der Waals surface area contributed by atoms with Gasteiger partial charge in [-0.25, -0.2) is 8.42 Å². The monoisotopic (exact) mass is 430 g/mol. The molecule has 3 heterocycles. The average molecular weight is 430 g/mol. The van der Waals surface area contributed by atoms with Crippen molar-refractivity contribution in [2.24, 2.45) is 0 Å². The highest BCUT2D eigenvalue weighted by Crippen LogP contribution is 2.27. The first kappa shape index (κ1) is 20.3. The lowest BCUT2D eigenvalue weighted by atomic mass is 10.0. The topological polar surface area (TPSA) is 105 Å². The first-order chi connectivity index (χ1) is 14.3. The third-order valence-corrected chi connectivity index (χ3v) is 7.24. The van der Waals surface area contributed by atoms with Crippen molar-refractivity contribution in [2.75, 3.05) is 18.1 Å². The number of fused-ring (bicyclic) bond motifs is 1. The fourth-order valence-electron chi connectivity index (χ4n) is 4.00. The van der Waals surface area contributed by atoms with Crippen LogP contribution in [0.1, 0.15) is 56.6 Å². The molecule has 1 fully saturated rings. The fraction of sp³-hybridized carbons (Fsp3) is 0.381. The van der Waals surface area contributed by atoms with Crippen LogP contribution in [-0.2, 0) is 16.4 Å². The number of carbonyl (C=O) groups is 3.